The Kier molecular flexibility index (Phi) is 6.18. The van der Waals surface area contributed by atoms with E-state index in [2.05, 4.69) is 14.8 Å². The number of aromatic nitrogens is 1. The van der Waals surface area contributed by atoms with E-state index >= 15 is 0 Å². The fourth-order valence-electron chi connectivity index (χ4n) is 5.01. The van der Waals surface area contributed by atoms with Gasteiger partial charge in [-0.05, 0) is 68.7 Å². The predicted octanol–water partition coefficient (Wildman–Crippen LogP) is 4.53. The van der Waals surface area contributed by atoms with E-state index in [1.807, 2.05) is 29.2 Å². The summed E-state index contributed by atoms with van der Waals surface area (Å²) in [6.45, 7) is 5.99. The standard InChI is InChI=1S/C27H29FN4O2/c1-19(33)20-5-8-22(9-6-20)30-13-15-31(16-14-30)26-23-17-21(28)7-10-25(23)29-18-24(26)27(34)32-11-3-2-4-12-32/h5-10,17-18H,2-4,11-16H2,1H3. The number of hydrogen-bond acceptors (Lipinski definition) is 5. The van der Waals surface area contributed by atoms with Gasteiger partial charge >= 0.3 is 0 Å². The van der Waals surface area contributed by atoms with Crippen LogP contribution in [0.2, 0.25) is 0 Å². The number of halogens is 1. The van der Waals surface area contributed by atoms with Gasteiger partial charge in [0.25, 0.3) is 5.91 Å². The highest BCUT2D eigenvalue weighted by Crippen LogP contribution is 2.33. The van der Waals surface area contributed by atoms with Gasteiger partial charge in [-0.15, -0.1) is 0 Å². The van der Waals surface area contributed by atoms with Gasteiger partial charge in [0.2, 0.25) is 0 Å². The third-order valence-electron chi connectivity index (χ3n) is 6.91. The fraction of sp³-hybridized carbons (Fsp3) is 0.370. The van der Waals surface area contributed by atoms with Crippen molar-refractivity contribution in [3.63, 3.8) is 0 Å². The second-order valence-electron chi connectivity index (χ2n) is 9.11. The molecule has 0 saturated carbocycles. The van der Waals surface area contributed by atoms with E-state index in [0.717, 1.165) is 56.8 Å². The summed E-state index contributed by atoms with van der Waals surface area (Å²) in [4.78, 5) is 35.9. The fourth-order valence-corrected chi connectivity index (χ4v) is 5.01. The van der Waals surface area contributed by atoms with Crippen molar-refractivity contribution in [2.45, 2.75) is 26.2 Å². The van der Waals surface area contributed by atoms with Crippen LogP contribution >= 0.6 is 0 Å². The van der Waals surface area contributed by atoms with Gasteiger partial charge in [-0.3, -0.25) is 14.6 Å². The lowest BCUT2D eigenvalue weighted by molar-refractivity contribution is 0.0724. The summed E-state index contributed by atoms with van der Waals surface area (Å²) in [5, 5.41) is 0.683. The van der Waals surface area contributed by atoms with E-state index < -0.39 is 0 Å². The third-order valence-corrected chi connectivity index (χ3v) is 6.91. The molecular formula is C27H29FN4O2. The van der Waals surface area contributed by atoms with E-state index in [1.54, 1.807) is 19.2 Å². The molecule has 0 unspecified atom stereocenters. The molecule has 0 N–H and O–H groups in total. The molecule has 0 spiro atoms. The van der Waals surface area contributed by atoms with E-state index in [1.165, 1.54) is 12.1 Å². The zero-order valence-corrected chi connectivity index (χ0v) is 19.5. The Morgan fingerprint density at radius 2 is 1.53 bits per heavy atom. The molecule has 2 aliphatic rings. The van der Waals surface area contributed by atoms with Gasteiger partial charge in [0, 0.05) is 62.1 Å². The van der Waals surface area contributed by atoms with Crippen LogP contribution in [0.4, 0.5) is 15.8 Å². The highest BCUT2D eigenvalue weighted by atomic mass is 19.1. The van der Waals surface area contributed by atoms with Crippen molar-refractivity contribution in [2.24, 2.45) is 0 Å². The van der Waals surface area contributed by atoms with Crippen LogP contribution in [-0.4, -0.2) is 60.8 Å². The van der Waals surface area contributed by atoms with E-state index in [9.17, 15) is 14.0 Å². The number of benzene rings is 2. The molecule has 6 nitrogen and oxygen atoms in total. The number of rotatable bonds is 4. The van der Waals surface area contributed by atoms with Gasteiger partial charge in [-0.2, -0.15) is 0 Å². The van der Waals surface area contributed by atoms with Crippen LogP contribution in [0.1, 0.15) is 46.9 Å². The van der Waals surface area contributed by atoms with Crippen LogP contribution in [0.15, 0.2) is 48.7 Å². The second-order valence-corrected chi connectivity index (χ2v) is 9.11. The summed E-state index contributed by atoms with van der Waals surface area (Å²) < 4.78 is 14.3. The Morgan fingerprint density at radius 1 is 0.853 bits per heavy atom. The molecule has 0 atom stereocenters. The van der Waals surface area contributed by atoms with Crippen molar-refractivity contribution in [3.05, 3.63) is 65.6 Å². The molecule has 0 aliphatic carbocycles. The second kappa shape index (κ2) is 9.41. The molecule has 176 valence electrons. The molecule has 3 aromatic rings. The Balaban J connectivity index is 1.44. The third kappa shape index (κ3) is 4.34. The molecule has 0 bridgehead atoms. The molecule has 2 saturated heterocycles. The first-order valence-electron chi connectivity index (χ1n) is 12.0. The first-order valence-corrected chi connectivity index (χ1v) is 12.0. The summed E-state index contributed by atoms with van der Waals surface area (Å²) >= 11 is 0. The van der Waals surface area contributed by atoms with Crippen LogP contribution in [0.3, 0.4) is 0 Å². The zero-order chi connectivity index (χ0) is 23.7. The van der Waals surface area contributed by atoms with Crippen molar-refractivity contribution in [3.8, 4) is 0 Å². The summed E-state index contributed by atoms with van der Waals surface area (Å²) in [7, 11) is 0. The zero-order valence-electron chi connectivity index (χ0n) is 19.5. The topological polar surface area (TPSA) is 56.8 Å². The first-order chi connectivity index (χ1) is 16.5. The van der Waals surface area contributed by atoms with Gasteiger partial charge in [0.1, 0.15) is 5.82 Å². The van der Waals surface area contributed by atoms with Crippen LogP contribution in [0.25, 0.3) is 10.9 Å². The molecule has 3 heterocycles. The number of nitrogens with zero attached hydrogens (tertiary/aromatic N) is 4. The highest BCUT2D eigenvalue weighted by molar-refractivity contribution is 6.07. The van der Waals surface area contributed by atoms with Crippen molar-refractivity contribution < 1.29 is 14.0 Å². The predicted molar refractivity (Wildman–Crippen MR) is 132 cm³/mol. The lowest BCUT2D eigenvalue weighted by Crippen LogP contribution is -2.47. The van der Waals surface area contributed by atoms with Crippen LogP contribution < -0.4 is 9.80 Å². The molecular weight excluding hydrogens is 431 g/mol. The van der Waals surface area contributed by atoms with Crippen LogP contribution in [0.5, 0.6) is 0 Å². The van der Waals surface area contributed by atoms with Crippen molar-refractivity contribution in [2.75, 3.05) is 49.1 Å². The number of piperidine rings is 1. The van der Waals surface area contributed by atoms with Crippen LogP contribution in [-0.2, 0) is 0 Å². The maximum atomic E-state index is 14.3. The smallest absolute Gasteiger partial charge is 0.257 e. The maximum Gasteiger partial charge on any atom is 0.257 e. The average Bonchev–Trinajstić information content (AvgIpc) is 2.88. The van der Waals surface area contributed by atoms with Gasteiger partial charge in [-0.25, -0.2) is 4.39 Å². The lowest BCUT2D eigenvalue weighted by Gasteiger charge is -2.39. The molecule has 2 aliphatic heterocycles. The monoisotopic (exact) mass is 460 g/mol. The number of carbonyl (C=O) groups excluding carboxylic acids is 2. The minimum atomic E-state index is -0.331. The molecule has 1 aromatic heterocycles. The molecule has 1 amide bonds. The van der Waals surface area contributed by atoms with Crippen molar-refractivity contribution in [1.29, 1.82) is 0 Å². The Bertz CT molecular complexity index is 1210. The van der Waals surface area contributed by atoms with Crippen molar-refractivity contribution >= 4 is 34.0 Å². The number of amides is 1. The van der Waals surface area contributed by atoms with Gasteiger partial charge in [-0.1, -0.05) is 0 Å². The molecule has 2 aromatic carbocycles. The number of ketones is 1. The number of pyridine rings is 1. The summed E-state index contributed by atoms with van der Waals surface area (Å²) in [6, 6.07) is 12.3. The Labute approximate surface area is 199 Å². The van der Waals surface area contributed by atoms with E-state index in [-0.39, 0.29) is 17.5 Å². The van der Waals surface area contributed by atoms with Gasteiger partial charge in [0.15, 0.2) is 5.78 Å². The largest absolute Gasteiger partial charge is 0.368 e. The van der Waals surface area contributed by atoms with E-state index in [0.29, 0.717) is 35.1 Å². The van der Waals surface area contributed by atoms with Crippen molar-refractivity contribution in [1.82, 2.24) is 9.88 Å². The minimum absolute atomic E-state index is 0.0180. The number of hydrogen-bond donors (Lipinski definition) is 0. The summed E-state index contributed by atoms with van der Waals surface area (Å²) in [5.74, 6) is -0.294. The SMILES string of the molecule is CC(=O)c1ccc(N2CCN(c3c(C(=O)N4CCCCC4)cnc4ccc(F)cc34)CC2)cc1. The molecule has 34 heavy (non-hydrogen) atoms. The molecule has 2 fully saturated rings. The Hall–Kier alpha value is -3.48. The quantitative estimate of drug-likeness (QED) is 0.536. The first kappa shape index (κ1) is 22.3. The lowest BCUT2D eigenvalue weighted by atomic mass is 10.0. The number of carbonyl (C=O) groups is 2. The maximum absolute atomic E-state index is 14.3. The van der Waals surface area contributed by atoms with E-state index in [4.69, 9.17) is 0 Å². The Morgan fingerprint density at radius 3 is 2.21 bits per heavy atom. The molecule has 7 heteroatoms. The minimum Gasteiger partial charge on any atom is -0.368 e. The van der Waals surface area contributed by atoms with Gasteiger partial charge < -0.3 is 14.7 Å². The van der Waals surface area contributed by atoms with Gasteiger partial charge in [0.05, 0.1) is 16.8 Å². The number of Topliss-reactive ketones (excluding diaryl/α,β-unsaturated/α-hetero) is 1. The average molecular weight is 461 g/mol. The molecule has 0 radical (unpaired) electrons. The summed E-state index contributed by atoms with van der Waals surface area (Å²) in [6.07, 6.45) is 4.84. The highest BCUT2D eigenvalue weighted by Gasteiger charge is 2.27. The molecule has 5 rings (SSSR count). The number of fused-ring (bicyclic) bond motifs is 1. The number of piperazine rings is 1. The number of anilines is 2. The summed E-state index contributed by atoms with van der Waals surface area (Å²) in [5.41, 5.74) is 3.80. The van der Waals surface area contributed by atoms with Crippen LogP contribution in [0, 0.1) is 5.82 Å². The normalized spacial score (nSPS) is 16.7. The number of likely N-dealkylation sites (tertiary alicyclic amines) is 1.